The third kappa shape index (κ3) is 121. The Bertz CT molecular complexity index is 1890. The maximum Gasteiger partial charge on any atom is 0.115 e. The van der Waals surface area contributed by atoms with Crippen molar-refractivity contribution in [2.24, 2.45) is 45.5 Å². The number of hydrogen-bond acceptors (Lipinski definition) is 15. The summed E-state index contributed by atoms with van der Waals surface area (Å²) >= 11 is 3.56. The first-order valence-corrected chi connectivity index (χ1v) is 53.1. The summed E-state index contributed by atoms with van der Waals surface area (Å²) < 4.78 is 14.8. The molecule has 10 heterocycles. The molecule has 26 rings (SSSR count). The van der Waals surface area contributed by atoms with Crippen LogP contribution in [0.4, 0.5) is 0 Å². The first-order valence-electron chi connectivity index (χ1n) is 51.0. The SMILES string of the molecule is C.C.C.C.C.C.C.C.C.C.C.C.C.C.C.C.C.C.C1=CCCCC1.C1=NCCS1.C1=NCCS1.C1CC2CC(C1)C2.C1CC2CC(C1)C2.C1CCC2CC2C1.C1CCCC1.C1CCCC1.C1CCCC1.C1CCCC1.C1CCCCC1.C1CCCCC1.C1CCCCC1.C1CCNC1.C1CCNC1.C1CCOC1.C1CCOC1.C1CCOC1.c1ccnnc1.c1ccnnc1.c1cncnc1. The maximum absolute atomic E-state index is 4.94. The number of ether oxygens (including phenoxy) is 3. The fourth-order valence-electron chi connectivity index (χ4n) is 17.5. The van der Waals surface area contributed by atoms with Crippen molar-refractivity contribution in [3.8, 4) is 0 Å². The molecule has 3 aromatic rings. The molecule has 16 aliphatic carbocycles. The van der Waals surface area contributed by atoms with Crippen LogP contribution in [0.5, 0.6) is 0 Å². The van der Waals surface area contributed by atoms with Gasteiger partial charge in [-0.3, -0.25) is 9.98 Å². The Morgan fingerprint density at radius 1 is 0.213 bits per heavy atom. The maximum atomic E-state index is 4.94. The van der Waals surface area contributed by atoms with Gasteiger partial charge in [-0.1, -0.05) is 454 Å². The molecule has 4 bridgehead atoms. The van der Waals surface area contributed by atoms with E-state index in [1.54, 1.807) is 137 Å². The summed E-state index contributed by atoms with van der Waals surface area (Å²) in [5.41, 5.74) is 3.81. The summed E-state index contributed by atoms with van der Waals surface area (Å²) in [6.45, 7) is 13.1. The summed E-state index contributed by atoms with van der Waals surface area (Å²) in [6, 6.07) is 9.08. The van der Waals surface area contributed by atoms with E-state index < -0.39 is 0 Å². The van der Waals surface area contributed by atoms with E-state index in [0.29, 0.717) is 0 Å². The minimum atomic E-state index is 0. The van der Waals surface area contributed by atoms with Gasteiger partial charge < -0.3 is 24.8 Å². The lowest BCUT2D eigenvalue weighted by Gasteiger charge is -2.40. The molecule has 15 saturated carbocycles. The van der Waals surface area contributed by atoms with Gasteiger partial charge in [0.2, 0.25) is 0 Å². The van der Waals surface area contributed by atoms with Crippen LogP contribution in [0.2, 0.25) is 0 Å². The van der Waals surface area contributed by atoms with Crippen molar-refractivity contribution in [1.82, 2.24) is 41.0 Å². The van der Waals surface area contributed by atoms with Crippen molar-refractivity contribution in [1.29, 1.82) is 0 Å². The number of hydrogen-bond donors (Lipinski definition) is 2. The molecule has 0 aromatic carbocycles. The molecule has 2 N–H and O–H groups in total. The van der Waals surface area contributed by atoms with E-state index in [9.17, 15) is 0 Å². The zero-order valence-corrected chi connectivity index (χ0v) is 78.2. The highest BCUT2D eigenvalue weighted by Gasteiger charge is 2.38. The first kappa shape index (κ1) is 166. The Labute approximate surface area is 869 Å². The van der Waals surface area contributed by atoms with E-state index in [4.69, 9.17) is 14.2 Å². The van der Waals surface area contributed by atoms with E-state index in [0.717, 1.165) is 52.7 Å². The summed E-state index contributed by atoms with van der Waals surface area (Å²) in [6.07, 6.45) is 115. The Morgan fingerprint density at radius 2 is 0.434 bits per heavy atom. The van der Waals surface area contributed by atoms with Crippen molar-refractivity contribution in [3.05, 3.63) is 86.0 Å². The van der Waals surface area contributed by atoms with Crippen molar-refractivity contribution >= 4 is 34.6 Å². The molecule has 13 nitrogen and oxygen atoms in total. The van der Waals surface area contributed by atoms with E-state index in [1.807, 2.05) is 35.4 Å². The minimum absolute atomic E-state index is 0. The lowest BCUT2D eigenvalue weighted by Crippen LogP contribution is -2.28. The minimum Gasteiger partial charge on any atom is -0.381 e. The van der Waals surface area contributed by atoms with Gasteiger partial charge in [-0.2, -0.15) is 20.4 Å². The number of aromatic nitrogens is 6. The Morgan fingerprint density at radius 3 is 0.515 bits per heavy atom. The van der Waals surface area contributed by atoms with E-state index in [1.165, 1.54) is 439 Å². The molecule has 23 aliphatic rings. The number of nitrogens with zero attached hydrogens (tertiary/aromatic N) is 8. The normalized spacial score (nSPS) is 22.1. The van der Waals surface area contributed by atoms with E-state index in [2.05, 4.69) is 63.1 Å². The second-order valence-corrected chi connectivity index (χ2v) is 37.8. The molecule has 2 unspecified atom stereocenters. The average Bonchev–Trinajstić information content (AvgIpc) is 1.76. The molecule has 20 fully saturated rings. The molecule has 0 radical (unpaired) electrons. The molecule has 0 amide bonds. The van der Waals surface area contributed by atoms with Crippen LogP contribution >= 0.6 is 23.5 Å². The smallest absolute Gasteiger partial charge is 0.115 e. The van der Waals surface area contributed by atoms with Crippen molar-refractivity contribution < 1.29 is 14.2 Å². The highest BCUT2D eigenvalue weighted by molar-refractivity contribution is 8.12. The average molecular weight is 1970 g/mol. The summed E-state index contributed by atoms with van der Waals surface area (Å²) in [7, 11) is 0. The zero-order valence-electron chi connectivity index (χ0n) is 76.6. The van der Waals surface area contributed by atoms with Crippen molar-refractivity contribution in [3.63, 3.8) is 0 Å². The number of allylic oxidation sites excluding steroid dienone is 2. The third-order valence-electron chi connectivity index (χ3n) is 25.1. The van der Waals surface area contributed by atoms with Gasteiger partial charge in [-0.05, 0) is 214 Å². The van der Waals surface area contributed by atoms with Crippen LogP contribution in [-0.4, -0.2) is 132 Å². The highest BCUT2D eigenvalue weighted by Crippen LogP contribution is 2.49. The monoisotopic (exact) mass is 1960 g/mol. The lowest BCUT2D eigenvalue weighted by molar-refractivity contribution is 0.115. The molecule has 3 aromatic heterocycles. The molecule has 0 spiro atoms. The van der Waals surface area contributed by atoms with Crippen LogP contribution in [0.25, 0.3) is 0 Å². The van der Waals surface area contributed by atoms with E-state index in [-0.39, 0.29) is 134 Å². The van der Waals surface area contributed by atoms with Gasteiger partial charge in [0.1, 0.15) is 6.33 Å². The van der Waals surface area contributed by atoms with Crippen LogP contribution < -0.4 is 10.6 Å². The Balaban J connectivity index is -0.0000000865. The van der Waals surface area contributed by atoms with Crippen LogP contribution in [0, 0.1) is 35.5 Å². The molecule has 5 saturated heterocycles. The van der Waals surface area contributed by atoms with Crippen LogP contribution in [0.3, 0.4) is 0 Å². The zero-order chi connectivity index (χ0) is 82.7. The van der Waals surface area contributed by atoms with Crippen LogP contribution in [0.1, 0.15) is 564 Å². The number of thioether (sulfide) groups is 2. The predicted molar refractivity (Wildman–Crippen MR) is 637 cm³/mol. The highest BCUT2D eigenvalue weighted by atomic mass is 32.2. The van der Waals surface area contributed by atoms with Crippen molar-refractivity contribution in [2.75, 3.05) is 90.4 Å². The molecule has 2 atom stereocenters. The Kier molecular flexibility index (Phi) is 171. The molecular formula is C121H258N10O3S2. The van der Waals surface area contributed by atoms with Gasteiger partial charge in [0.25, 0.3) is 0 Å². The van der Waals surface area contributed by atoms with Gasteiger partial charge in [-0.15, -0.1) is 23.5 Å². The topological polar surface area (TPSA) is 154 Å². The van der Waals surface area contributed by atoms with Gasteiger partial charge in [0.15, 0.2) is 0 Å². The fourth-order valence-corrected chi connectivity index (χ4v) is 18.5. The standard InChI is InChI=1S/3C7H12.3C6H12.C6H10.4C5H10.3C4H4N2.2C4H9N.3C4H8O.2C3H5NS.18CH4/c2*1-2-6-4-7(3-1)5-6;1-2-4-7-5-6(7)3-1;4*1-2-4-6-5-3-1;4*1-2-4-5-3-1;1-2-5-4-6-3-1;2*1-2-4-6-5-3-1;5*1-2-4-5-3-1;2*1-2-5-3-4-1;;;;;;;;;;;;;;;;;;/h3*6-7H,1-5H2;3*1-6H2;1-2H,3-6H2;4*1-5H2;3*1-4H;2*5H,1-4H2;3*1-4H2;2*3H,1-2H2;18*1H4. The molecule has 136 heavy (non-hydrogen) atoms. The molecule has 822 valence electrons. The fraction of sp³-hybridized carbons (Fsp3) is 0.868. The van der Waals surface area contributed by atoms with Gasteiger partial charge in [-0.25, -0.2) is 9.97 Å². The molecule has 7 aliphatic heterocycles. The number of aliphatic imine (C=N–C) groups is 2. The summed E-state index contributed by atoms with van der Waals surface area (Å²) in [4.78, 5) is 15.2. The number of fused-ring (bicyclic) bond motifs is 5. The second kappa shape index (κ2) is 140. The Hall–Kier alpha value is -3.18. The number of nitrogens with one attached hydrogen (secondary N) is 2. The summed E-state index contributed by atoms with van der Waals surface area (Å²) in [5, 5.41) is 20.6. The second-order valence-electron chi connectivity index (χ2n) is 35.9. The largest absolute Gasteiger partial charge is 0.381 e. The van der Waals surface area contributed by atoms with Gasteiger partial charge >= 0.3 is 0 Å². The third-order valence-corrected chi connectivity index (χ3v) is 26.5. The van der Waals surface area contributed by atoms with Crippen LogP contribution in [-0.2, 0) is 14.2 Å². The first-order chi connectivity index (χ1) is 58.9. The predicted octanol–water partition coefficient (Wildman–Crippen LogP) is 41.1. The van der Waals surface area contributed by atoms with Gasteiger partial charge in [0.05, 0.1) is 11.1 Å². The molecular weight excluding hydrogens is 1710 g/mol. The van der Waals surface area contributed by atoms with Crippen LogP contribution in [0.15, 0.2) is 96.0 Å². The van der Waals surface area contributed by atoms with Gasteiger partial charge in [0, 0.05) is 101 Å². The molecule has 15 heteroatoms. The quantitative estimate of drug-likeness (QED) is 0.205. The summed E-state index contributed by atoms with van der Waals surface area (Å²) in [5.74, 6) is 9.51. The number of rotatable bonds is 0. The van der Waals surface area contributed by atoms with Crippen molar-refractivity contribution in [2.45, 2.75) is 564 Å². The lowest BCUT2D eigenvalue weighted by atomic mass is 9.65. The van der Waals surface area contributed by atoms with E-state index >= 15 is 0 Å².